The molecule has 1 N–H and O–H groups in total. The SMILES string of the molecule is CS(=O)(=O)c1ccc2ncnc(NCc3ccc(OCC4CC4)nc3)c2c1. The van der Waals surface area contributed by atoms with E-state index in [0.29, 0.717) is 35.1 Å². The lowest BCUT2D eigenvalue weighted by Gasteiger charge is -2.10. The summed E-state index contributed by atoms with van der Waals surface area (Å²) in [6.45, 7) is 1.24. The van der Waals surface area contributed by atoms with Crippen LogP contribution in [0.3, 0.4) is 0 Å². The van der Waals surface area contributed by atoms with Crippen LogP contribution in [-0.4, -0.2) is 36.2 Å². The van der Waals surface area contributed by atoms with Gasteiger partial charge in [-0.05, 0) is 42.5 Å². The quantitative estimate of drug-likeness (QED) is 0.669. The Morgan fingerprint density at radius 3 is 2.70 bits per heavy atom. The maximum Gasteiger partial charge on any atom is 0.213 e. The predicted octanol–water partition coefficient (Wildman–Crippen LogP) is 2.83. The van der Waals surface area contributed by atoms with Gasteiger partial charge in [0.1, 0.15) is 12.1 Å². The van der Waals surface area contributed by atoms with E-state index in [1.165, 1.54) is 25.4 Å². The molecule has 2 heterocycles. The van der Waals surface area contributed by atoms with E-state index in [-0.39, 0.29) is 4.90 Å². The fourth-order valence-electron chi connectivity index (χ4n) is 2.68. The van der Waals surface area contributed by atoms with Gasteiger partial charge < -0.3 is 10.1 Å². The number of pyridine rings is 1. The number of hydrogen-bond acceptors (Lipinski definition) is 7. The van der Waals surface area contributed by atoms with E-state index in [9.17, 15) is 8.42 Å². The molecule has 1 saturated carbocycles. The number of anilines is 1. The molecule has 0 radical (unpaired) electrons. The monoisotopic (exact) mass is 384 g/mol. The van der Waals surface area contributed by atoms with Crippen LogP contribution >= 0.6 is 0 Å². The number of benzene rings is 1. The topological polar surface area (TPSA) is 94.1 Å². The second-order valence-electron chi connectivity index (χ2n) is 6.79. The van der Waals surface area contributed by atoms with Crippen LogP contribution in [0, 0.1) is 5.92 Å². The van der Waals surface area contributed by atoms with Gasteiger partial charge in [-0.3, -0.25) is 0 Å². The fourth-order valence-corrected chi connectivity index (χ4v) is 3.33. The molecule has 0 bridgehead atoms. The van der Waals surface area contributed by atoms with Crippen LogP contribution in [0.15, 0.2) is 47.8 Å². The van der Waals surface area contributed by atoms with Crippen molar-refractivity contribution in [1.82, 2.24) is 15.0 Å². The van der Waals surface area contributed by atoms with Crippen molar-refractivity contribution >= 4 is 26.6 Å². The third-order valence-electron chi connectivity index (χ3n) is 4.46. The largest absolute Gasteiger partial charge is 0.477 e. The molecule has 0 atom stereocenters. The molecule has 1 aromatic carbocycles. The van der Waals surface area contributed by atoms with E-state index in [0.717, 1.165) is 12.2 Å². The number of fused-ring (bicyclic) bond motifs is 1. The standard InChI is InChI=1S/C19H20N4O3S/c1-27(24,25)15-5-6-17-16(8-15)19(23-12-22-17)21-10-14-4-7-18(20-9-14)26-11-13-2-3-13/h4-9,12-13H,2-3,10-11H2,1H3,(H,21,22,23). The van der Waals surface area contributed by atoms with Crippen LogP contribution in [-0.2, 0) is 16.4 Å². The third-order valence-corrected chi connectivity index (χ3v) is 5.57. The Kier molecular flexibility index (Phi) is 4.65. The summed E-state index contributed by atoms with van der Waals surface area (Å²) in [6, 6.07) is 8.65. The smallest absolute Gasteiger partial charge is 0.213 e. The molecule has 0 aliphatic heterocycles. The van der Waals surface area contributed by atoms with Gasteiger partial charge in [0.2, 0.25) is 5.88 Å². The lowest BCUT2D eigenvalue weighted by molar-refractivity contribution is 0.288. The summed E-state index contributed by atoms with van der Waals surface area (Å²) in [4.78, 5) is 13.0. The van der Waals surface area contributed by atoms with Gasteiger partial charge in [0, 0.05) is 30.4 Å². The van der Waals surface area contributed by atoms with Crippen molar-refractivity contribution in [3.63, 3.8) is 0 Å². The number of rotatable bonds is 7. The zero-order valence-corrected chi connectivity index (χ0v) is 15.7. The lowest BCUT2D eigenvalue weighted by Crippen LogP contribution is -2.05. The minimum atomic E-state index is -3.30. The number of ether oxygens (including phenoxy) is 1. The molecule has 7 nitrogen and oxygen atoms in total. The Morgan fingerprint density at radius 1 is 1.15 bits per heavy atom. The first-order valence-corrected chi connectivity index (χ1v) is 10.6. The van der Waals surface area contributed by atoms with Crippen LogP contribution in [0.2, 0.25) is 0 Å². The molecule has 1 fully saturated rings. The van der Waals surface area contributed by atoms with E-state index in [4.69, 9.17) is 4.74 Å². The summed E-state index contributed by atoms with van der Waals surface area (Å²) in [6.07, 6.45) is 6.90. The minimum absolute atomic E-state index is 0.242. The molecule has 1 aliphatic carbocycles. The van der Waals surface area contributed by atoms with Crippen LogP contribution < -0.4 is 10.1 Å². The van der Waals surface area contributed by atoms with E-state index >= 15 is 0 Å². The molecule has 140 valence electrons. The second-order valence-corrected chi connectivity index (χ2v) is 8.80. The van der Waals surface area contributed by atoms with Gasteiger partial charge in [-0.15, -0.1) is 0 Å². The summed E-state index contributed by atoms with van der Waals surface area (Å²) in [5, 5.41) is 3.90. The summed E-state index contributed by atoms with van der Waals surface area (Å²) in [7, 11) is -3.30. The van der Waals surface area contributed by atoms with Gasteiger partial charge in [0.15, 0.2) is 9.84 Å². The van der Waals surface area contributed by atoms with E-state index in [2.05, 4.69) is 20.3 Å². The van der Waals surface area contributed by atoms with E-state index < -0.39 is 9.84 Å². The van der Waals surface area contributed by atoms with Gasteiger partial charge in [-0.2, -0.15) is 0 Å². The zero-order chi connectivity index (χ0) is 18.9. The molecule has 27 heavy (non-hydrogen) atoms. The van der Waals surface area contributed by atoms with Gasteiger partial charge >= 0.3 is 0 Å². The lowest BCUT2D eigenvalue weighted by atomic mass is 10.2. The van der Waals surface area contributed by atoms with Crippen LogP contribution in [0.25, 0.3) is 10.9 Å². The number of nitrogens with zero attached hydrogens (tertiary/aromatic N) is 3. The molecule has 4 rings (SSSR count). The van der Waals surface area contributed by atoms with Crippen molar-refractivity contribution in [2.24, 2.45) is 5.92 Å². The molecule has 0 saturated heterocycles. The van der Waals surface area contributed by atoms with Gasteiger partial charge in [-0.1, -0.05) is 6.07 Å². The first-order valence-electron chi connectivity index (χ1n) is 8.75. The Bertz CT molecular complexity index is 1060. The van der Waals surface area contributed by atoms with Crippen LogP contribution in [0.4, 0.5) is 5.82 Å². The zero-order valence-electron chi connectivity index (χ0n) is 14.9. The number of aromatic nitrogens is 3. The highest BCUT2D eigenvalue weighted by molar-refractivity contribution is 7.90. The molecular formula is C19H20N4O3S. The van der Waals surface area contributed by atoms with Gasteiger partial charge in [0.25, 0.3) is 0 Å². The number of sulfone groups is 1. The summed E-state index contributed by atoms with van der Waals surface area (Å²) < 4.78 is 29.3. The highest BCUT2D eigenvalue weighted by atomic mass is 32.2. The van der Waals surface area contributed by atoms with Crippen molar-refractivity contribution < 1.29 is 13.2 Å². The third kappa shape index (κ3) is 4.33. The number of nitrogens with one attached hydrogen (secondary N) is 1. The van der Waals surface area contributed by atoms with Crippen molar-refractivity contribution in [1.29, 1.82) is 0 Å². The van der Waals surface area contributed by atoms with Crippen molar-refractivity contribution in [2.45, 2.75) is 24.3 Å². The minimum Gasteiger partial charge on any atom is -0.477 e. The predicted molar refractivity (Wildman–Crippen MR) is 102 cm³/mol. The number of hydrogen-bond donors (Lipinski definition) is 1. The molecule has 0 amide bonds. The average molecular weight is 384 g/mol. The van der Waals surface area contributed by atoms with E-state index in [1.807, 2.05) is 12.1 Å². The van der Waals surface area contributed by atoms with Crippen molar-refractivity contribution in [3.05, 3.63) is 48.4 Å². The maximum absolute atomic E-state index is 11.8. The maximum atomic E-state index is 11.8. The van der Waals surface area contributed by atoms with Crippen LogP contribution in [0.1, 0.15) is 18.4 Å². The normalized spacial score (nSPS) is 14.3. The second kappa shape index (κ2) is 7.11. The molecular weight excluding hydrogens is 364 g/mol. The molecule has 3 aromatic rings. The molecule has 2 aromatic heterocycles. The highest BCUT2D eigenvalue weighted by Crippen LogP contribution is 2.29. The average Bonchev–Trinajstić information content (AvgIpc) is 3.49. The van der Waals surface area contributed by atoms with Crippen molar-refractivity contribution in [3.8, 4) is 5.88 Å². The molecule has 8 heteroatoms. The summed E-state index contributed by atoms with van der Waals surface area (Å²) >= 11 is 0. The van der Waals surface area contributed by atoms with Gasteiger partial charge in [-0.25, -0.2) is 23.4 Å². The fraction of sp³-hybridized carbons (Fsp3) is 0.316. The molecule has 0 unspecified atom stereocenters. The molecule has 1 aliphatic rings. The summed E-state index contributed by atoms with van der Waals surface area (Å²) in [5.74, 6) is 1.91. The first-order chi connectivity index (χ1) is 13.0. The van der Waals surface area contributed by atoms with Crippen molar-refractivity contribution in [2.75, 3.05) is 18.2 Å². The Balaban J connectivity index is 1.49. The highest BCUT2D eigenvalue weighted by Gasteiger charge is 2.22. The Labute approximate surface area is 157 Å². The Morgan fingerprint density at radius 2 is 2.00 bits per heavy atom. The first kappa shape index (κ1) is 17.7. The van der Waals surface area contributed by atoms with Gasteiger partial charge in [0.05, 0.1) is 17.0 Å². The Hall–Kier alpha value is -2.74. The van der Waals surface area contributed by atoms with E-state index in [1.54, 1.807) is 24.4 Å². The summed E-state index contributed by atoms with van der Waals surface area (Å²) in [5.41, 5.74) is 1.65. The molecule has 0 spiro atoms. The van der Waals surface area contributed by atoms with Crippen LogP contribution in [0.5, 0.6) is 5.88 Å².